The average molecular weight is 665 g/mol. The maximum atomic E-state index is 7.23. The van der Waals surface area contributed by atoms with Gasteiger partial charge in [-0.25, -0.2) is 4.98 Å². The minimum absolute atomic E-state index is 0.232. The topological polar surface area (TPSA) is 81.5 Å². The van der Waals surface area contributed by atoms with Crippen LogP contribution in [0.5, 0.6) is 0 Å². The number of ether oxygens (including phenoxy) is 1. The molecular weight excluding hydrogens is 628 g/mol. The third kappa shape index (κ3) is 6.68. The highest BCUT2D eigenvalue weighted by molar-refractivity contribution is 6.30. The van der Waals surface area contributed by atoms with Crippen LogP contribution < -0.4 is 0 Å². The molecule has 0 saturated heterocycles. The quantitative estimate of drug-likeness (QED) is 0.124. The SMILES string of the molecule is CCCCc1nc(COC(c2ccccc2)(c2ccccc2)c2ccccc2)c(Cl)n1Cc1ccc(-c2ccccc2-c2nn[nH]n2)cc1. The van der Waals surface area contributed by atoms with Gasteiger partial charge in [0.05, 0.1) is 13.2 Å². The average Bonchev–Trinajstić information content (AvgIpc) is 3.81. The molecule has 244 valence electrons. The van der Waals surface area contributed by atoms with Gasteiger partial charge in [-0.3, -0.25) is 0 Å². The van der Waals surface area contributed by atoms with Crippen molar-refractivity contribution in [2.24, 2.45) is 0 Å². The molecule has 1 N–H and O–H groups in total. The number of aryl methyl sites for hydroxylation is 1. The first kappa shape index (κ1) is 32.2. The van der Waals surface area contributed by atoms with Gasteiger partial charge in [0.2, 0.25) is 5.82 Å². The lowest BCUT2D eigenvalue weighted by atomic mass is 9.80. The predicted molar refractivity (Wildman–Crippen MR) is 194 cm³/mol. The number of nitrogens with one attached hydrogen (secondary N) is 1. The first-order valence-electron chi connectivity index (χ1n) is 16.6. The second-order valence-electron chi connectivity index (χ2n) is 12.0. The van der Waals surface area contributed by atoms with E-state index in [1.165, 1.54) is 0 Å². The second kappa shape index (κ2) is 14.8. The molecule has 0 spiro atoms. The van der Waals surface area contributed by atoms with Gasteiger partial charge >= 0.3 is 0 Å². The first-order chi connectivity index (χ1) is 24.2. The maximum absolute atomic E-state index is 7.23. The molecule has 0 aliphatic carbocycles. The minimum atomic E-state index is -0.867. The number of hydrogen-bond donors (Lipinski definition) is 1. The normalized spacial score (nSPS) is 11.6. The lowest BCUT2D eigenvalue weighted by Crippen LogP contribution is -2.32. The lowest BCUT2D eigenvalue weighted by Gasteiger charge is -2.35. The Morgan fingerprint density at radius 3 is 1.84 bits per heavy atom. The van der Waals surface area contributed by atoms with E-state index in [9.17, 15) is 0 Å². The molecule has 0 aliphatic rings. The van der Waals surface area contributed by atoms with Gasteiger partial charge in [-0.1, -0.05) is 164 Å². The fourth-order valence-corrected chi connectivity index (χ4v) is 6.69. The monoisotopic (exact) mass is 664 g/mol. The van der Waals surface area contributed by atoms with Crippen molar-refractivity contribution >= 4 is 11.6 Å². The number of benzene rings is 5. The highest BCUT2D eigenvalue weighted by Gasteiger charge is 2.38. The molecule has 0 atom stereocenters. The number of unbranched alkanes of at least 4 members (excludes halogenated alkanes) is 1. The Morgan fingerprint density at radius 1 is 0.714 bits per heavy atom. The molecule has 7 nitrogen and oxygen atoms in total. The molecule has 2 heterocycles. The van der Waals surface area contributed by atoms with E-state index < -0.39 is 5.60 Å². The lowest BCUT2D eigenvalue weighted by molar-refractivity contribution is -0.00128. The summed E-state index contributed by atoms with van der Waals surface area (Å²) in [5.41, 5.74) is 7.13. The van der Waals surface area contributed by atoms with Gasteiger partial charge in [0.25, 0.3) is 0 Å². The summed E-state index contributed by atoms with van der Waals surface area (Å²) in [6.07, 6.45) is 2.90. The number of rotatable bonds is 13. The molecule has 5 aromatic carbocycles. The molecule has 0 unspecified atom stereocenters. The first-order valence-corrected chi connectivity index (χ1v) is 17.0. The zero-order valence-electron chi connectivity index (χ0n) is 27.3. The second-order valence-corrected chi connectivity index (χ2v) is 12.4. The smallest absolute Gasteiger partial charge is 0.205 e. The van der Waals surface area contributed by atoms with E-state index in [2.05, 4.69) is 135 Å². The van der Waals surface area contributed by atoms with Crippen LogP contribution in [0, 0.1) is 0 Å². The van der Waals surface area contributed by atoms with Crippen molar-refractivity contribution in [1.82, 2.24) is 30.2 Å². The van der Waals surface area contributed by atoms with Crippen molar-refractivity contribution in [3.8, 4) is 22.5 Å². The molecule has 0 fully saturated rings. The summed E-state index contributed by atoms with van der Waals surface area (Å²) in [5.74, 6) is 1.53. The molecule has 2 aromatic heterocycles. The van der Waals surface area contributed by atoms with Gasteiger partial charge in [0.15, 0.2) is 0 Å². The van der Waals surface area contributed by atoms with E-state index >= 15 is 0 Å². The Hall–Kier alpha value is -5.37. The van der Waals surface area contributed by atoms with E-state index in [-0.39, 0.29) is 6.61 Å². The molecule has 7 rings (SSSR count). The number of aromatic nitrogens is 6. The summed E-state index contributed by atoms with van der Waals surface area (Å²) in [5, 5.41) is 15.3. The highest BCUT2D eigenvalue weighted by Crippen LogP contribution is 2.41. The number of hydrogen-bond acceptors (Lipinski definition) is 5. The van der Waals surface area contributed by atoms with Crippen LogP contribution in [0.4, 0.5) is 0 Å². The van der Waals surface area contributed by atoms with Gasteiger partial charge in [-0.15, -0.1) is 10.2 Å². The highest BCUT2D eigenvalue weighted by atomic mass is 35.5. The molecule has 0 bridgehead atoms. The van der Waals surface area contributed by atoms with Crippen LogP contribution in [0.25, 0.3) is 22.5 Å². The molecule has 0 aliphatic heterocycles. The van der Waals surface area contributed by atoms with Crippen LogP contribution in [0.3, 0.4) is 0 Å². The largest absolute Gasteiger partial charge is 0.354 e. The van der Waals surface area contributed by atoms with Gasteiger partial charge in [0.1, 0.15) is 22.3 Å². The standard InChI is InChI=1S/C41H37ClN6O/c1-2-3-23-38-43-37(29-49-41(32-15-7-4-8-16-32,33-17-9-5-10-18-33)34-19-11-6-12-20-34)39(42)48(38)28-30-24-26-31(27-25-30)35-21-13-14-22-36(35)40-44-46-47-45-40/h4-22,24-27H,2-3,23,28-29H2,1H3,(H,44,45,46,47). The molecular formula is C41H37ClN6O. The maximum Gasteiger partial charge on any atom is 0.205 e. The van der Waals surface area contributed by atoms with Gasteiger partial charge in [0, 0.05) is 12.0 Å². The Labute approximate surface area is 291 Å². The zero-order valence-corrected chi connectivity index (χ0v) is 28.1. The number of aromatic amines is 1. The van der Waals surface area contributed by atoms with Crippen LogP contribution in [0.15, 0.2) is 140 Å². The van der Waals surface area contributed by atoms with Crippen LogP contribution in [0.2, 0.25) is 5.15 Å². The molecule has 0 saturated carbocycles. The molecule has 49 heavy (non-hydrogen) atoms. The van der Waals surface area contributed by atoms with Crippen LogP contribution in [-0.2, 0) is 29.9 Å². The molecule has 0 amide bonds. The number of halogens is 1. The molecule has 8 heteroatoms. The van der Waals surface area contributed by atoms with Crippen molar-refractivity contribution in [3.63, 3.8) is 0 Å². The zero-order chi connectivity index (χ0) is 33.5. The Kier molecular flexibility index (Phi) is 9.73. The fourth-order valence-electron chi connectivity index (χ4n) is 6.43. The van der Waals surface area contributed by atoms with E-state index in [1.54, 1.807) is 0 Å². The summed E-state index contributed by atoms with van der Waals surface area (Å²) in [6, 6.07) is 47.8. The number of imidazole rings is 1. The van der Waals surface area contributed by atoms with Crippen molar-refractivity contribution in [2.75, 3.05) is 0 Å². The van der Waals surface area contributed by atoms with Gasteiger partial charge < -0.3 is 9.30 Å². The third-order valence-electron chi connectivity index (χ3n) is 8.89. The Bertz CT molecular complexity index is 1980. The third-order valence-corrected chi connectivity index (χ3v) is 9.31. The Morgan fingerprint density at radius 2 is 1.29 bits per heavy atom. The summed E-state index contributed by atoms with van der Waals surface area (Å²) in [7, 11) is 0. The molecule has 7 aromatic rings. The van der Waals surface area contributed by atoms with E-state index in [1.807, 2.05) is 36.4 Å². The van der Waals surface area contributed by atoms with E-state index in [0.717, 1.165) is 69.7 Å². The van der Waals surface area contributed by atoms with Gasteiger partial charge in [-0.05, 0) is 45.0 Å². The van der Waals surface area contributed by atoms with Crippen molar-refractivity contribution in [3.05, 3.63) is 178 Å². The van der Waals surface area contributed by atoms with Crippen molar-refractivity contribution in [1.29, 1.82) is 0 Å². The fraction of sp³-hybridized carbons (Fsp3) is 0.171. The van der Waals surface area contributed by atoms with E-state index in [0.29, 0.717) is 17.5 Å². The number of tetrazole rings is 1. The number of H-pyrrole nitrogens is 1. The van der Waals surface area contributed by atoms with E-state index in [4.69, 9.17) is 21.3 Å². The summed E-state index contributed by atoms with van der Waals surface area (Å²) >= 11 is 7.23. The Balaban J connectivity index is 1.21. The van der Waals surface area contributed by atoms with Crippen LogP contribution >= 0.6 is 11.6 Å². The molecule has 0 radical (unpaired) electrons. The van der Waals surface area contributed by atoms with Crippen LogP contribution in [0.1, 0.15) is 53.5 Å². The van der Waals surface area contributed by atoms with Gasteiger partial charge in [-0.2, -0.15) is 5.21 Å². The van der Waals surface area contributed by atoms with Crippen molar-refractivity contribution in [2.45, 2.75) is 44.9 Å². The minimum Gasteiger partial charge on any atom is -0.354 e. The summed E-state index contributed by atoms with van der Waals surface area (Å²) in [6.45, 7) is 3.02. The number of nitrogens with zero attached hydrogens (tertiary/aromatic N) is 5. The van der Waals surface area contributed by atoms with Crippen molar-refractivity contribution < 1.29 is 4.74 Å². The summed E-state index contributed by atoms with van der Waals surface area (Å²) < 4.78 is 9.24. The predicted octanol–water partition coefficient (Wildman–Crippen LogP) is 9.28. The summed E-state index contributed by atoms with van der Waals surface area (Å²) in [4.78, 5) is 5.12. The van der Waals surface area contributed by atoms with Crippen LogP contribution in [-0.4, -0.2) is 30.2 Å².